The van der Waals surface area contributed by atoms with Gasteiger partial charge in [-0.25, -0.2) is 9.37 Å². The predicted molar refractivity (Wildman–Crippen MR) is 91.3 cm³/mol. The number of H-pyrrole nitrogens is 1. The Kier molecular flexibility index (Phi) is 3.35. The number of benzene rings is 1. The van der Waals surface area contributed by atoms with Gasteiger partial charge < -0.3 is 14.3 Å². The fraction of sp³-hybridized carbons (Fsp3) is 0.176. The number of nitrogens with one attached hydrogen (secondary N) is 1. The molecule has 1 atom stereocenters. The molecule has 130 valence electrons. The molecule has 0 aliphatic carbocycles. The molecule has 1 aliphatic heterocycles. The number of carbonyl (C=O) groups is 1. The van der Waals surface area contributed by atoms with Gasteiger partial charge in [-0.2, -0.15) is 0 Å². The first kappa shape index (κ1) is 15.2. The Morgan fingerprint density at radius 2 is 2.35 bits per heavy atom. The number of aromatic amines is 1. The van der Waals surface area contributed by atoms with Crippen LogP contribution in [0.1, 0.15) is 33.0 Å². The maximum Gasteiger partial charge on any atom is 0.285 e. The van der Waals surface area contributed by atoms with Crippen molar-refractivity contribution in [3.63, 3.8) is 0 Å². The van der Waals surface area contributed by atoms with Crippen LogP contribution in [0.3, 0.4) is 0 Å². The van der Waals surface area contributed by atoms with Crippen LogP contribution in [-0.2, 0) is 6.42 Å². The van der Waals surface area contributed by atoms with Gasteiger partial charge in [0, 0.05) is 18.7 Å². The number of hydrogen-bond donors (Lipinski definition) is 1. The average molecular weight is 369 g/mol. The lowest BCUT2D eigenvalue weighted by Crippen LogP contribution is -2.40. The summed E-state index contributed by atoms with van der Waals surface area (Å²) < 4.78 is 20.0. The highest BCUT2D eigenvalue weighted by atomic mass is 32.1. The first-order valence-electron chi connectivity index (χ1n) is 7.99. The van der Waals surface area contributed by atoms with Crippen molar-refractivity contribution in [1.82, 2.24) is 25.1 Å². The third-order valence-electron chi connectivity index (χ3n) is 4.53. The smallest absolute Gasteiger partial charge is 0.285 e. The predicted octanol–water partition coefficient (Wildman–Crippen LogP) is 2.93. The third-order valence-corrected chi connectivity index (χ3v) is 5.20. The number of carbonyl (C=O) groups excluding carboxylic acids is 1. The second-order valence-electron chi connectivity index (χ2n) is 5.96. The summed E-state index contributed by atoms with van der Waals surface area (Å²) in [6, 6.07) is 5.77. The van der Waals surface area contributed by atoms with Crippen molar-refractivity contribution in [1.29, 1.82) is 0 Å². The minimum atomic E-state index is -0.548. The molecule has 1 N–H and O–H groups in total. The van der Waals surface area contributed by atoms with Crippen molar-refractivity contribution in [2.75, 3.05) is 6.54 Å². The molecule has 5 rings (SSSR count). The van der Waals surface area contributed by atoms with Gasteiger partial charge >= 0.3 is 0 Å². The highest BCUT2D eigenvalue weighted by Crippen LogP contribution is 2.37. The molecular weight excluding hydrogens is 357 g/mol. The highest BCUT2D eigenvalue weighted by Gasteiger charge is 2.37. The van der Waals surface area contributed by atoms with Gasteiger partial charge in [-0.3, -0.25) is 4.79 Å². The number of hydrogen-bond acceptors (Lipinski definition) is 6. The normalized spacial score (nSPS) is 16.8. The summed E-state index contributed by atoms with van der Waals surface area (Å²) in [5.41, 5.74) is 3.60. The molecule has 0 radical (unpaired) electrons. The van der Waals surface area contributed by atoms with Gasteiger partial charge in [0.2, 0.25) is 5.01 Å². The van der Waals surface area contributed by atoms with Gasteiger partial charge in [0.25, 0.3) is 5.91 Å². The van der Waals surface area contributed by atoms with Gasteiger partial charge in [-0.15, -0.1) is 10.2 Å². The third kappa shape index (κ3) is 2.24. The SMILES string of the molecule is O=C(c1nncs1)N1CCc2[nH]cnc2C1c1cc2c(F)cccc2o1. The molecule has 0 bridgehead atoms. The number of furan rings is 1. The van der Waals surface area contributed by atoms with E-state index in [1.54, 1.807) is 29.4 Å². The second-order valence-corrected chi connectivity index (χ2v) is 6.79. The molecule has 3 aromatic heterocycles. The molecule has 26 heavy (non-hydrogen) atoms. The molecule has 0 spiro atoms. The zero-order chi connectivity index (χ0) is 17.7. The number of amides is 1. The zero-order valence-electron chi connectivity index (χ0n) is 13.3. The van der Waals surface area contributed by atoms with Crippen molar-refractivity contribution in [3.05, 3.63) is 64.1 Å². The average Bonchev–Trinajstić information content (AvgIpc) is 3.39. The van der Waals surface area contributed by atoms with Crippen molar-refractivity contribution < 1.29 is 13.6 Å². The second kappa shape index (κ2) is 5.73. The van der Waals surface area contributed by atoms with E-state index in [2.05, 4.69) is 20.2 Å². The van der Waals surface area contributed by atoms with E-state index in [1.807, 2.05) is 0 Å². The number of rotatable bonds is 2. The Bertz CT molecular complexity index is 1100. The molecular formula is C17H12FN5O2S. The van der Waals surface area contributed by atoms with E-state index in [9.17, 15) is 9.18 Å². The lowest BCUT2D eigenvalue weighted by atomic mass is 10.00. The van der Waals surface area contributed by atoms with Gasteiger partial charge in [0.15, 0.2) is 0 Å². The Morgan fingerprint density at radius 1 is 1.42 bits per heavy atom. The Balaban J connectivity index is 1.66. The summed E-state index contributed by atoms with van der Waals surface area (Å²) in [6.45, 7) is 0.470. The molecule has 4 heterocycles. The van der Waals surface area contributed by atoms with Crippen molar-refractivity contribution in [2.45, 2.75) is 12.5 Å². The first-order valence-corrected chi connectivity index (χ1v) is 8.87. The van der Waals surface area contributed by atoms with Gasteiger partial charge in [-0.05, 0) is 18.2 Å². The molecule has 0 saturated carbocycles. The monoisotopic (exact) mass is 369 g/mol. The summed E-state index contributed by atoms with van der Waals surface area (Å²) in [4.78, 5) is 22.1. The molecule has 1 aliphatic rings. The molecule has 9 heteroatoms. The first-order chi connectivity index (χ1) is 12.7. The van der Waals surface area contributed by atoms with Crippen LogP contribution in [0.2, 0.25) is 0 Å². The molecule has 1 unspecified atom stereocenters. The van der Waals surface area contributed by atoms with E-state index in [-0.39, 0.29) is 11.7 Å². The van der Waals surface area contributed by atoms with Crippen LogP contribution in [0.15, 0.2) is 40.5 Å². The van der Waals surface area contributed by atoms with Crippen molar-refractivity contribution in [2.24, 2.45) is 0 Å². The van der Waals surface area contributed by atoms with E-state index in [1.165, 1.54) is 22.9 Å². The summed E-state index contributed by atoms with van der Waals surface area (Å²) in [5.74, 6) is -0.138. The standard InChI is InChI=1S/C17H12FN5O2S/c18-10-2-1-3-12-9(10)6-13(25-12)15-14-11(19-7-20-14)4-5-23(15)17(24)16-22-21-8-26-16/h1-3,6-8,15H,4-5H2,(H,19,20). The number of fused-ring (bicyclic) bond motifs is 2. The van der Waals surface area contributed by atoms with Crippen molar-refractivity contribution >= 4 is 28.2 Å². The van der Waals surface area contributed by atoms with Crippen LogP contribution >= 0.6 is 11.3 Å². The fourth-order valence-corrected chi connectivity index (χ4v) is 3.86. The van der Waals surface area contributed by atoms with Gasteiger partial charge in [0.05, 0.1) is 17.4 Å². The Labute approximate surface area is 150 Å². The van der Waals surface area contributed by atoms with Crippen LogP contribution < -0.4 is 0 Å². The van der Waals surface area contributed by atoms with E-state index in [0.717, 1.165) is 5.69 Å². The van der Waals surface area contributed by atoms with Gasteiger partial charge in [-0.1, -0.05) is 17.4 Å². The molecule has 0 saturated heterocycles. The maximum atomic E-state index is 14.1. The molecule has 0 fully saturated rings. The summed E-state index contributed by atoms with van der Waals surface area (Å²) in [5, 5.41) is 8.31. The zero-order valence-corrected chi connectivity index (χ0v) is 14.2. The summed E-state index contributed by atoms with van der Waals surface area (Å²) in [6.07, 6.45) is 2.24. The topological polar surface area (TPSA) is 87.9 Å². The van der Waals surface area contributed by atoms with E-state index >= 15 is 0 Å². The van der Waals surface area contributed by atoms with Crippen LogP contribution in [0, 0.1) is 5.82 Å². The maximum absolute atomic E-state index is 14.1. The molecule has 1 amide bonds. The molecule has 4 aromatic rings. The largest absolute Gasteiger partial charge is 0.458 e. The van der Waals surface area contributed by atoms with E-state index in [4.69, 9.17) is 4.42 Å². The number of aromatic nitrogens is 4. The summed E-state index contributed by atoms with van der Waals surface area (Å²) >= 11 is 1.18. The van der Waals surface area contributed by atoms with Crippen molar-refractivity contribution in [3.8, 4) is 0 Å². The van der Waals surface area contributed by atoms with Crippen LogP contribution in [-0.4, -0.2) is 37.5 Å². The lowest BCUT2D eigenvalue weighted by molar-refractivity contribution is 0.0671. The summed E-state index contributed by atoms with van der Waals surface area (Å²) in [7, 11) is 0. The van der Waals surface area contributed by atoms with Crippen LogP contribution in [0.4, 0.5) is 4.39 Å². The Morgan fingerprint density at radius 3 is 3.15 bits per heavy atom. The quantitative estimate of drug-likeness (QED) is 0.587. The molecule has 7 nitrogen and oxygen atoms in total. The van der Waals surface area contributed by atoms with Crippen LogP contribution in [0.5, 0.6) is 0 Å². The minimum absolute atomic E-state index is 0.243. The van der Waals surface area contributed by atoms with E-state index in [0.29, 0.717) is 40.4 Å². The van der Waals surface area contributed by atoms with Crippen LogP contribution in [0.25, 0.3) is 11.0 Å². The minimum Gasteiger partial charge on any atom is -0.458 e. The fourth-order valence-electron chi connectivity index (χ4n) is 3.35. The Hall–Kier alpha value is -3.07. The number of nitrogens with zero attached hydrogens (tertiary/aromatic N) is 4. The number of halogens is 1. The lowest BCUT2D eigenvalue weighted by Gasteiger charge is -2.33. The van der Waals surface area contributed by atoms with E-state index < -0.39 is 6.04 Å². The number of imidazole rings is 1. The highest BCUT2D eigenvalue weighted by molar-refractivity contribution is 7.11. The molecule has 1 aromatic carbocycles. The van der Waals surface area contributed by atoms with Gasteiger partial charge in [0.1, 0.15) is 28.7 Å².